The predicted molar refractivity (Wildman–Crippen MR) is 79.7 cm³/mol. The molecule has 0 radical (unpaired) electrons. The molecule has 2 heterocycles. The highest BCUT2D eigenvalue weighted by Crippen LogP contribution is 2.33. The third-order valence-corrected chi connectivity index (χ3v) is 5.14. The van der Waals surface area contributed by atoms with Crippen LogP contribution in [-0.2, 0) is 4.79 Å². The van der Waals surface area contributed by atoms with Crippen LogP contribution in [0.15, 0.2) is 0 Å². The number of amides is 2. The summed E-state index contributed by atoms with van der Waals surface area (Å²) in [5, 5.41) is 11.6. The third kappa shape index (κ3) is 2.86. The van der Waals surface area contributed by atoms with E-state index in [0.29, 0.717) is 31.5 Å². The maximum Gasteiger partial charge on any atom is 0.332 e. The van der Waals surface area contributed by atoms with Crippen LogP contribution in [0.4, 0.5) is 4.79 Å². The fourth-order valence-corrected chi connectivity index (χ4v) is 3.73. The summed E-state index contributed by atoms with van der Waals surface area (Å²) >= 11 is 0. The van der Waals surface area contributed by atoms with Gasteiger partial charge in [-0.25, -0.2) is 14.6 Å². The lowest BCUT2D eigenvalue weighted by Gasteiger charge is -2.41. The number of hydrazine groups is 1. The number of hydrogen-bond acceptors (Lipinski definition) is 3. The van der Waals surface area contributed by atoms with E-state index in [1.54, 1.807) is 0 Å². The zero-order valence-electron chi connectivity index (χ0n) is 13.3. The fraction of sp³-hybridized carbons (Fsp3) is 0.867. The molecule has 3 unspecified atom stereocenters. The van der Waals surface area contributed by atoms with Gasteiger partial charge in [-0.2, -0.15) is 0 Å². The summed E-state index contributed by atoms with van der Waals surface area (Å²) < 4.78 is 0. The van der Waals surface area contributed by atoms with Crippen molar-refractivity contribution in [2.24, 2.45) is 0 Å². The molecule has 2 fully saturated rings. The molecule has 2 amide bonds. The Balaban J connectivity index is 2.10. The number of likely N-dealkylation sites (tertiary alicyclic amines) is 1. The number of carbonyl (C=O) groups is 2. The number of urea groups is 1. The summed E-state index contributed by atoms with van der Waals surface area (Å²) in [5.41, 5.74) is 1.93. The van der Waals surface area contributed by atoms with E-state index in [9.17, 15) is 14.7 Å². The second-order valence-electron chi connectivity index (χ2n) is 6.40. The smallest absolute Gasteiger partial charge is 0.332 e. The molecule has 2 N–H and O–H groups in total. The molecule has 6 nitrogen and oxygen atoms in total. The van der Waals surface area contributed by atoms with Crippen LogP contribution in [0.1, 0.15) is 59.3 Å². The number of hydrogen-bond donors (Lipinski definition) is 2. The monoisotopic (exact) mass is 297 g/mol. The van der Waals surface area contributed by atoms with Crippen LogP contribution in [0.5, 0.6) is 0 Å². The van der Waals surface area contributed by atoms with E-state index in [0.717, 1.165) is 19.3 Å². The Labute approximate surface area is 126 Å². The van der Waals surface area contributed by atoms with Crippen molar-refractivity contribution in [1.82, 2.24) is 15.3 Å². The average molecular weight is 297 g/mol. The molecule has 0 aromatic rings. The standard InChI is InChI=1S/C15H27N3O3/c1-4-15(13(19)20)9-6-10-17(15)14(21)16-18-11(2)7-5-8-12(18)3/h11-12H,4-10H2,1-3H3,(H,16,21)(H,19,20). The molecule has 0 aromatic heterocycles. The Morgan fingerprint density at radius 3 is 2.38 bits per heavy atom. The second-order valence-corrected chi connectivity index (χ2v) is 6.40. The average Bonchev–Trinajstić information content (AvgIpc) is 2.88. The van der Waals surface area contributed by atoms with Gasteiger partial charge in [-0.15, -0.1) is 0 Å². The highest BCUT2D eigenvalue weighted by molar-refractivity contribution is 5.86. The topological polar surface area (TPSA) is 72.9 Å². The third-order valence-electron chi connectivity index (χ3n) is 5.14. The number of nitrogens with zero attached hydrogens (tertiary/aromatic N) is 2. The number of carboxylic acid groups (broad SMARTS) is 1. The quantitative estimate of drug-likeness (QED) is 0.837. The molecule has 3 atom stereocenters. The van der Waals surface area contributed by atoms with Crippen molar-refractivity contribution in [2.45, 2.75) is 76.9 Å². The first-order valence-electron chi connectivity index (χ1n) is 8.02. The Morgan fingerprint density at radius 2 is 1.86 bits per heavy atom. The summed E-state index contributed by atoms with van der Waals surface area (Å²) in [5.74, 6) is -0.891. The molecule has 0 aliphatic carbocycles. The lowest BCUT2D eigenvalue weighted by atomic mass is 9.93. The highest BCUT2D eigenvalue weighted by atomic mass is 16.4. The summed E-state index contributed by atoms with van der Waals surface area (Å²) in [6.45, 7) is 6.56. The van der Waals surface area contributed by atoms with E-state index in [1.807, 2.05) is 11.9 Å². The minimum absolute atomic E-state index is 0.266. The molecule has 0 aromatic carbocycles. The number of carboxylic acids is 1. The van der Waals surface area contributed by atoms with E-state index in [-0.39, 0.29) is 6.03 Å². The van der Waals surface area contributed by atoms with Crippen molar-refractivity contribution in [3.63, 3.8) is 0 Å². The van der Waals surface area contributed by atoms with Gasteiger partial charge >= 0.3 is 12.0 Å². The van der Waals surface area contributed by atoms with Gasteiger partial charge < -0.3 is 10.0 Å². The van der Waals surface area contributed by atoms with Crippen molar-refractivity contribution in [2.75, 3.05) is 6.54 Å². The molecule has 2 rings (SSSR count). The minimum Gasteiger partial charge on any atom is -0.479 e. The van der Waals surface area contributed by atoms with Crippen LogP contribution in [0.2, 0.25) is 0 Å². The molecule has 0 spiro atoms. The van der Waals surface area contributed by atoms with E-state index in [1.165, 1.54) is 11.3 Å². The molecule has 2 aliphatic heterocycles. The Morgan fingerprint density at radius 1 is 1.24 bits per heavy atom. The molecule has 21 heavy (non-hydrogen) atoms. The molecule has 2 aliphatic rings. The first-order chi connectivity index (χ1) is 9.92. The van der Waals surface area contributed by atoms with Gasteiger partial charge in [0.05, 0.1) is 0 Å². The van der Waals surface area contributed by atoms with Crippen LogP contribution < -0.4 is 5.43 Å². The van der Waals surface area contributed by atoms with Gasteiger partial charge in [0.1, 0.15) is 5.54 Å². The van der Waals surface area contributed by atoms with Crippen LogP contribution >= 0.6 is 0 Å². The van der Waals surface area contributed by atoms with E-state index in [2.05, 4.69) is 19.3 Å². The summed E-state index contributed by atoms with van der Waals surface area (Å²) in [6, 6.07) is 0.319. The van der Waals surface area contributed by atoms with E-state index < -0.39 is 11.5 Å². The number of aliphatic carboxylic acids is 1. The van der Waals surface area contributed by atoms with Crippen LogP contribution in [0.3, 0.4) is 0 Å². The summed E-state index contributed by atoms with van der Waals surface area (Å²) in [6.07, 6.45) is 5.02. The van der Waals surface area contributed by atoms with Crippen LogP contribution in [0, 0.1) is 0 Å². The SMILES string of the molecule is CCC1(C(=O)O)CCCN1C(=O)NN1C(C)CCCC1C. The van der Waals surface area contributed by atoms with Crippen molar-refractivity contribution in [3.8, 4) is 0 Å². The van der Waals surface area contributed by atoms with E-state index in [4.69, 9.17) is 0 Å². The lowest BCUT2D eigenvalue weighted by Crippen LogP contribution is -2.61. The largest absolute Gasteiger partial charge is 0.479 e. The zero-order chi connectivity index (χ0) is 15.6. The van der Waals surface area contributed by atoms with Gasteiger partial charge in [0.2, 0.25) is 0 Å². The number of carbonyl (C=O) groups excluding carboxylic acids is 1. The zero-order valence-corrected chi connectivity index (χ0v) is 13.3. The second kappa shape index (κ2) is 6.22. The van der Waals surface area contributed by atoms with Crippen molar-refractivity contribution in [1.29, 1.82) is 0 Å². The Bertz CT molecular complexity index is 405. The maximum absolute atomic E-state index is 12.6. The van der Waals surface area contributed by atoms with E-state index >= 15 is 0 Å². The van der Waals surface area contributed by atoms with Gasteiger partial charge in [-0.05, 0) is 46.0 Å². The first kappa shape index (κ1) is 16.1. The number of nitrogens with one attached hydrogen (secondary N) is 1. The number of rotatable bonds is 3. The normalized spacial score (nSPS) is 34.0. The van der Waals surface area contributed by atoms with Crippen molar-refractivity contribution in [3.05, 3.63) is 0 Å². The number of piperidine rings is 1. The fourth-order valence-electron chi connectivity index (χ4n) is 3.73. The molecular formula is C15H27N3O3. The molecule has 0 saturated carbocycles. The first-order valence-corrected chi connectivity index (χ1v) is 8.02. The van der Waals surface area contributed by atoms with Gasteiger partial charge in [-0.1, -0.05) is 13.3 Å². The van der Waals surface area contributed by atoms with Gasteiger partial charge in [0, 0.05) is 18.6 Å². The molecule has 6 heteroatoms. The van der Waals surface area contributed by atoms with Gasteiger partial charge in [0.15, 0.2) is 0 Å². The predicted octanol–water partition coefficient (Wildman–Crippen LogP) is 2.20. The Kier molecular flexibility index (Phi) is 4.76. The highest BCUT2D eigenvalue weighted by Gasteiger charge is 2.49. The van der Waals surface area contributed by atoms with Crippen LogP contribution in [-0.4, -0.2) is 51.2 Å². The molecule has 0 bridgehead atoms. The maximum atomic E-state index is 12.6. The van der Waals surface area contributed by atoms with Crippen LogP contribution in [0.25, 0.3) is 0 Å². The van der Waals surface area contributed by atoms with Crippen molar-refractivity contribution < 1.29 is 14.7 Å². The molecular weight excluding hydrogens is 270 g/mol. The summed E-state index contributed by atoms with van der Waals surface area (Å²) in [7, 11) is 0. The lowest BCUT2D eigenvalue weighted by molar-refractivity contribution is -0.148. The molecule has 120 valence electrons. The van der Waals surface area contributed by atoms with Crippen molar-refractivity contribution >= 4 is 12.0 Å². The van der Waals surface area contributed by atoms with Gasteiger partial charge in [-0.3, -0.25) is 5.43 Å². The minimum atomic E-state index is -1.04. The molecule has 2 saturated heterocycles. The van der Waals surface area contributed by atoms with Gasteiger partial charge in [0.25, 0.3) is 0 Å². The Hall–Kier alpha value is -1.30. The summed E-state index contributed by atoms with van der Waals surface area (Å²) in [4.78, 5) is 25.8.